The van der Waals surface area contributed by atoms with Crippen LogP contribution in [0.4, 0.5) is 4.79 Å². The van der Waals surface area contributed by atoms with Gasteiger partial charge in [-0.05, 0) is 37.9 Å². The lowest BCUT2D eigenvalue weighted by molar-refractivity contribution is 0.0672. The van der Waals surface area contributed by atoms with Gasteiger partial charge in [-0.3, -0.25) is 0 Å². The first-order valence-electron chi connectivity index (χ1n) is 7.14. The van der Waals surface area contributed by atoms with Crippen LogP contribution in [-0.2, 0) is 16.1 Å². The Morgan fingerprint density at radius 3 is 2.23 bits per heavy atom. The van der Waals surface area contributed by atoms with Crippen LogP contribution >= 0.6 is 0 Å². The van der Waals surface area contributed by atoms with Crippen molar-refractivity contribution in [2.24, 2.45) is 0 Å². The maximum Gasteiger partial charge on any atom is 0.508 e. The SMILES string of the molecule is COC(=O)OCc1ccc2ccc3cccc4ccc1c2c34. The molecule has 0 fully saturated rings. The Morgan fingerprint density at radius 1 is 0.864 bits per heavy atom. The van der Waals surface area contributed by atoms with Crippen LogP contribution in [-0.4, -0.2) is 13.3 Å². The first-order chi connectivity index (χ1) is 10.8. The van der Waals surface area contributed by atoms with Crippen molar-refractivity contribution in [2.45, 2.75) is 6.61 Å². The zero-order chi connectivity index (χ0) is 15.1. The van der Waals surface area contributed by atoms with E-state index in [9.17, 15) is 4.79 Å². The minimum atomic E-state index is -0.661. The van der Waals surface area contributed by atoms with E-state index in [0.717, 1.165) is 10.9 Å². The number of methoxy groups -OCH3 is 1. The summed E-state index contributed by atoms with van der Waals surface area (Å²) in [6, 6.07) is 18.9. The van der Waals surface area contributed by atoms with Crippen molar-refractivity contribution >= 4 is 38.5 Å². The summed E-state index contributed by atoms with van der Waals surface area (Å²) in [6.07, 6.45) is -0.661. The van der Waals surface area contributed by atoms with Gasteiger partial charge < -0.3 is 9.47 Å². The molecule has 0 spiro atoms. The number of benzene rings is 4. The van der Waals surface area contributed by atoms with E-state index in [2.05, 4.69) is 53.3 Å². The van der Waals surface area contributed by atoms with Crippen LogP contribution in [0.2, 0.25) is 0 Å². The molecule has 108 valence electrons. The Hall–Kier alpha value is -2.81. The van der Waals surface area contributed by atoms with Crippen LogP contribution in [0.5, 0.6) is 0 Å². The van der Waals surface area contributed by atoms with Gasteiger partial charge in [0.05, 0.1) is 7.11 Å². The van der Waals surface area contributed by atoms with Crippen molar-refractivity contribution in [1.29, 1.82) is 0 Å². The molecule has 4 rings (SSSR count). The smallest absolute Gasteiger partial charge is 0.438 e. The number of hydrogen-bond donors (Lipinski definition) is 0. The van der Waals surface area contributed by atoms with Gasteiger partial charge in [0.15, 0.2) is 0 Å². The molecule has 0 aliphatic carbocycles. The van der Waals surface area contributed by atoms with Gasteiger partial charge in [-0.1, -0.05) is 54.6 Å². The minimum absolute atomic E-state index is 0.209. The fraction of sp³-hybridized carbons (Fsp3) is 0.105. The van der Waals surface area contributed by atoms with Crippen LogP contribution < -0.4 is 0 Å². The average molecular weight is 290 g/mol. The molecule has 0 amide bonds. The highest BCUT2D eigenvalue weighted by molar-refractivity contribution is 6.23. The molecule has 0 aromatic heterocycles. The van der Waals surface area contributed by atoms with Crippen molar-refractivity contribution in [2.75, 3.05) is 7.11 Å². The number of carbonyl (C=O) groups excluding carboxylic acids is 1. The molecule has 0 saturated carbocycles. The van der Waals surface area contributed by atoms with Gasteiger partial charge in [0.2, 0.25) is 0 Å². The first-order valence-corrected chi connectivity index (χ1v) is 7.14. The fourth-order valence-electron chi connectivity index (χ4n) is 3.12. The lowest BCUT2D eigenvalue weighted by Gasteiger charge is -2.13. The Bertz CT molecular complexity index is 972. The van der Waals surface area contributed by atoms with E-state index in [1.807, 2.05) is 6.07 Å². The molecule has 0 bridgehead atoms. The van der Waals surface area contributed by atoms with Gasteiger partial charge >= 0.3 is 6.16 Å². The number of rotatable bonds is 2. The molecule has 4 aromatic rings. The molecule has 3 nitrogen and oxygen atoms in total. The van der Waals surface area contributed by atoms with Crippen molar-refractivity contribution in [3.8, 4) is 0 Å². The molecular formula is C19H14O3. The van der Waals surface area contributed by atoms with Gasteiger partial charge in [0.25, 0.3) is 0 Å². The fourth-order valence-corrected chi connectivity index (χ4v) is 3.12. The second-order valence-electron chi connectivity index (χ2n) is 5.32. The number of ether oxygens (including phenoxy) is 2. The Balaban J connectivity index is 1.98. The molecule has 0 saturated heterocycles. The topological polar surface area (TPSA) is 35.5 Å². The van der Waals surface area contributed by atoms with Crippen LogP contribution in [0.25, 0.3) is 32.3 Å². The van der Waals surface area contributed by atoms with E-state index >= 15 is 0 Å². The molecule has 22 heavy (non-hydrogen) atoms. The number of carbonyl (C=O) groups is 1. The second-order valence-corrected chi connectivity index (χ2v) is 5.32. The highest BCUT2D eigenvalue weighted by Crippen LogP contribution is 2.35. The third kappa shape index (κ3) is 1.86. The molecule has 0 heterocycles. The summed E-state index contributed by atoms with van der Waals surface area (Å²) in [5, 5.41) is 7.24. The Kier molecular flexibility index (Phi) is 2.86. The molecule has 0 radical (unpaired) electrons. The molecule has 0 aliphatic heterocycles. The quantitative estimate of drug-likeness (QED) is 0.390. The first kappa shape index (κ1) is 12.9. The van der Waals surface area contributed by atoms with Gasteiger partial charge in [-0.2, -0.15) is 0 Å². The standard InChI is InChI=1S/C19H14O3/c1-21-19(20)22-11-15-8-7-14-6-5-12-3-2-4-13-9-10-16(15)18(14)17(12)13/h2-10H,11H2,1H3. The van der Waals surface area contributed by atoms with Crippen molar-refractivity contribution in [1.82, 2.24) is 0 Å². The summed E-state index contributed by atoms with van der Waals surface area (Å²) < 4.78 is 9.64. The highest BCUT2D eigenvalue weighted by Gasteiger charge is 2.11. The van der Waals surface area contributed by atoms with Crippen LogP contribution in [0.15, 0.2) is 54.6 Å². The lowest BCUT2D eigenvalue weighted by Crippen LogP contribution is -2.04. The van der Waals surface area contributed by atoms with Crippen LogP contribution in [0, 0.1) is 0 Å². The lowest BCUT2D eigenvalue weighted by atomic mass is 9.92. The Labute approximate surface area is 127 Å². The zero-order valence-corrected chi connectivity index (χ0v) is 12.1. The van der Waals surface area contributed by atoms with Gasteiger partial charge in [0.1, 0.15) is 6.61 Å². The molecule has 0 aliphatic rings. The van der Waals surface area contributed by atoms with E-state index < -0.39 is 6.16 Å². The largest absolute Gasteiger partial charge is 0.508 e. The molecule has 0 N–H and O–H groups in total. The van der Waals surface area contributed by atoms with E-state index in [1.165, 1.54) is 34.0 Å². The predicted molar refractivity (Wildman–Crippen MR) is 87.3 cm³/mol. The summed E-state index contributed by atoms with van der Waals surface area (Å²) in [5.41, 5.74) is 0.983. The maximum absolute atomic E-state index is 11.2. The summed E-state index contributed by atoms with van der Waals surface area (Å²) in [5.74, 6) is 0. The summed E-state index contributed by atoms with van der Waals surface area (Å²) in [7, 11) is 1.31. The van der Waals surface area contributed by atoms with E-state index in [-0.39, 0.29) is 6.61 Å². The van der Waals surface area contributed by atoms with E-state index in [0.29, 0.717) is 0 Å². The molecule has 0 unspecified atom stereocenters. The maximum atomic E-state index is 11.2. The molecule has 3 heteroatoms. The summed E-state index contributed by atoms with van der Waals surface area (Å²) in [6.45, 7) is 0.209. The number of hydrogen-bond acceptors (Lipinski definition) is 3. The van der Waals surface area contributed by atoms with Gasteiger partial charge in [-0.15, -0.1) is 0 Å². The van der Waals surface area contributed by atoms with Gasteiger partial charge in [0, 0.05) is 0 Å². The third-order valence-corrected chi connectivity index (χ3v) is 4.13. The average Bonchev–Trinajstić information content (AvgIpc) is 2.58. The van der Waals surface area contributed by atoms with E-state index in [1.54, 1.807) is 0 Å². The van der Waals surface area contributed by atoms with Gasteiger partial charge in [-0.25, -0.2) is 4.79 Å². The highest BCUT2D eigenvalue weighted by atomic mass is 16.7. The van der Waals surface area contributed by atoms with Crippen LogP contribution in [0.1, 0.15) is 5.56 Å². The summed E-state index contributed by atoms with van der Waals surface area (Å²) >= 11 is 0. The minimum Gasteiger partial charge on any atom is -0.438 e. The zero-order valence-electron chi connectivity index (χ0n) is 12.1. The normalized spacial score (nSPS) is 11.3. The summed E-state index contributed by atoms with van der Waals surface area (Å²) in [4.78, 5) is 11.2. The Morgan fingerprint density at radius 2 is 1.50 bits per heavy atom. The monoisotopic (exact) mass is 290 g/mol. The molecular weight excluding hydrogens is 276 g/mol. The van der Waals surface area contributed by atoms with Crippen LogP contribution in [0.3, 0.4) is 0 Å². The molecule has 4 aromatic carbocycles. The van der Waals surface area contributed by atoms with E-state index in [4.69, 9.17) is 4.74 Å². The molecule has 0 atom stereocenters. The third-order valence-electron chi connectivity index (χ3n) is 4.13. The van der Waals surface area contributed by atoms with Crippen molar-refractivity contribution in [3.63, 3.8) is 0 Å². The predicted octanol–water partition coefficient (Wildman–Crippen LogP) is 4.87. The van der Waals surface area contributed by atoms with Crippen molar-refractivity contribution in [3.05, 3.63) is 60.2 Å². The van der Waals surface area contributed by atoms with Crippen molar-refractivity contribution < 1.29 is 14.3 Å². The second kappa shape index (κ2) is 4.88.